The number of carboxylic acids is 1. The molecule has 11 heteroatoms. The van der Waals surface area contributed by atoms with Crippen molar-refractivity contribution in [1.29, 1.82) is 0 Å². The molecule has 0 aliphatic carbocycles. The number of carbonyl (C=O) groups is 2. The van der Waals surface area contributed by atoms with Crippen molar-refractivity contribution in [2.24, 2.45) is 11.8 Å². The number of alkyl halides is 3. The Labute approximate surface area is 138 Å². The van der Waals surface area contributed by atoms with Gasteiger partial charge in [-0.3, -0.25) is 9.59 Å². The van der Waals surface area contributed by atoms with Gasteiger partial charge < -0.3 is 10.0 Å². The third kappa shape index (κ3) is 3.30. The first-order valence-electron chi connectivity index (χ1n) is 7.17. The van der Waals surface area contributed by atoms with Gasteiger partial charge in [0.15, 0.2) is 5.82 Å². The first-order chi connectivity index (χ1) is 11.8. The molecule has 0 unspecified atom stereocenters. The summed E-state index contributed by atoms with van der Waals surface area (Å²) in [5.74, 6) is -5.77. The second-order valence-corrected chi connectivity index (χ2v) is 5.55. The van der Waals surface area contributed by atoms with Crippen LogP contribution in [0.3, 0.4) is 0 Å². The molecule has 2 aromatic rings. The number of rotatable bonds is 3. The molecule has 8 nitrogen and oxygen atoms in total. The Morgan fingerprint density at radius 2 is 2.04 bits per heavy atom. The first kappa shape index (κ1) is 16.9. The molecule has 0 radical (unpaired) electrons. The van der Waals surface area contributed by atoms with Crippen molar-refractivity contribution < 1.29 is 27.9 Å². The fraction of sp³-hybridized carbons (Fsp3) is 0.357. The van der Waals surface area contributed by atoms with E-state index < -0.39 is 43.0 Å². The lowest BCUT2D eigenvalue weighted by molar-refractivity contribution is -0.187. The van der Waals surface area contributed by atoms with Crippen molar-refractivity contribution in [1.82, 2.24) is 24.6 Å². The number of aromatic nitrogens is 4. The highest BCUT2D eigenvalue weighted by Crippen LogP contribution is 2.38. The minimum atomic E-state index is -4.69. The Morgan fingerprint density at radius 1 is 1.28 bits per heavy atom. The second kappa shape index (κ2) is 6.15. The van der Waals surface area contributed by atoms with Crippen molar-refractivity contribution in [3.63, 3.8) is 0 Å². The van der Waals surface area contributed by atoms with Crippen LogP contribution in [0, 0.1) is 11.8 Å². The molecule has 25 heavy (non-hydrogen) atoms. The normalized spacial score (nSPS) is 20.7. The number of pyridine rings is 1. The van der Waals surface area contributed by atoms with Gasteiger partial charge in [0.2, 0.25) is 0 Å². The fourth-order valence-corrected chi connectivity index (χ4v) is 2.74. The van der Waals surface area contributed by atoms with Crippen LogP contribution in [-0.2, 0) is 4.79 Å². The van der Waals surface area contributed by atoms with E-state index in [9.17, 15) is 22.8 Å². The zero-order chi connectivity index (χ0) is 18.2. The molecule has 1 N–H and O–H groups in total. The van der Waals surface area contributed by atoms with Gasteiger partial charge in [-0.1, -0.05) is 0 Å². The van der Waals surface area contributed by atoms with Gasteiger partial charge in [-0.25, -0.2) is 14.6 Å². The predicted molar refractivity (Wildman–Crippen MR) is 75.7 cm³/mol. The summed E-state index contributed by atoms with van der Waals surface area (Å²) in [5.41, 5.74) is 0.0902. The van der Waals surface area contributed by atoms with Gasteiger partial charge in [0.25, 0.3) is 5.91 Å². The Hall–Kier alpha value is -2.98. The van der Waals surface area contributed by atoms with E-state index >= 15 is 0 Å². The van der Waals surface area contributed by atoms with Crippen LogP contribution < -0.4 is 0 Å². The maximum absolute atomic E-state index is 13.0. The molecule has 2 aromatic heterocycles. The van der Waals surface area contributed by atoms with Gasteiger partial charge >= 0.3 is 12.1 Å². The number of hydrogen-bond acceptors (Lipinski definition) is 5. The van der Waals surface area contributed by atoms with Gasteiger partial charge in [-0.05, 0) is 12.1 Å². The summed E-state index contributed by atoms with van der Waals surface area (Å²) >= 11 is 0. The molecular weight excluding hydrogens is 343 g/mol. The number of amides is 1. The molecule has 1 aliphatic rings. The smallest absolute Gasteiger partial charge is 0.394 e. The lowest BCUT2D eigenvalue weighted by Gasteiger charge is -2.18. The average molecular weight is 355 g/mol. The monoisotopic (exact) mass is 355 g/mol. The maximum atomic E-state index is 13.0. The zero-order valence-electron chi connectivity index (χ0n) is 12.6. The third-order valence-corrected chi connectivity index (χ3v) is 3.99. The molecule has 0 saturated carbocycles. The van der Waals surface area contributed by atoms with E-state index in [1.54, 1.807) is 0 Å². The van der Waals surface area contributed by atoms with Crippen molar-refractivity contribution in [2.45, 2.75) is 6.18 Å². The maximum Gasteiger partial charge on any atom is 0.394 e. The quantitative estimate of drug-likeness (QED) is 0.881. The Kier molecular flexibility index (Phi) is 4.15. The predicted octanol–water partition coefficient (Wildman–Crippen LogP) is 0.997. The second-order valence-electron chi connectivity index (χ2n) is 5.55. The molecule has 3 rings (SSSR count). The third-order valence-electron chi connectivity index (χ3n) is 3.99. The van der Waals surface area contributed by atoms with Crippen LogP contribution in [0.25, 0.3) is 5.82 Å². The molecule has 132 valence electrons. The van der Waals surface area contributed by atoms with Gasteiger partial charge in [-0.2, -0.15) is 18.3 Å². The Morgan fingerprint density at radius 3 is 2.60 bits per heavy atom. The zero-order valence-corrected chi connectivity index (χ0v) is 12.6. The molecule has 1 fully saturated rings. The van der Waals surface area contributed by atoms with E-state index in [0.29, 0.717) is 0 Å². The molecule has 3 heterocycles. The van der Waals surface area contributed by atoms with Crippen LogP contribution in [0.5, 0.6) is 0 Å². The number of carbonyl (C=O) groups excluding carboxylic acids is 1. The molecular formula is C14H12F3N5O3. The average Bonchev–Trinajstić information content (AvgIpc) is 3.23. The van der Waals surface area contributed by atoms with Gasteiger partial charge in [0.1, 0.15) is 12.7 Å². The van der Waals surface area contributed by atoms with Crippen LogP contribution in [0.1, 0.15) is 10.4 Å². The highest BCUT2D eigenvalue weighted by atomic mass is 19.4. The highest BCUT2D eigenvalue weighted by molar-refractivity contribution is 5.95. The summed E-state index contributed by atoms with van der Waals surface area (Å²) in [6.07, 6.45) is -0.757. The first-order valence-corrected chi connectivity index (χ1v) is 7.17. The molecule has 0 aromatic carbocycles. The van der Waals surface area contributed by atoms with Crippen LogP contribution in [0.15, 0.2) is 31.0 Å². The van der Waals surface area contributed by atoms with Crippen LogP contribution in [0.4, 0.5) is 13.2 Å². The standard InChI is InChI=1S/C14H12F3N5O3/c15-14(16,17)10-5-21(4-9(10)13(24)25)12(23)8-1-2-19-11(3-8)22-7-18-6-20-22/h1-3,6-7,9-10H,4-5H2,(H,24,25)/t9-,10-/m1/s1. The van der Waals surface area contributed by atoms with Crippen molar-refractivity contribution in [3.8, 4) is 5.82 Å². The van der Waals surface area contributed by atoms with E-state index in [-0.39, 0.29) is 11.4 Å². The van der Waals surface area contributed by atoms with Crippen molar-refractivity contribution in [3.05, 3.63) is 36.5 Å². The Bertz CT molecular complexity index is 793. The highest BCUT2D eigenvalue weighted by Gasteiger charge is 2.53. The number of likely N-dealkylation sites (tertiary alicyclic amines) is 1. The van der Waals surface area contributed by atoms with Crippen LogP contribution in [-0.4, -0.2) is 60.9 Å². The molecule has 0 bridgehead atoms. The summed E-state index contributed by atoms with van der Waals surface area (Å²) in [6.45, 7) is -1.19. The molecule has 1 saturated heterocycles. The summed E-state index contributed by atoms with van der Waals surface area (Å²) in [7, 11) is 0. The Balaban J connectivity index is 1.84. The van der Waals surface area contributed by atoms with E-state index in [4.69, 9.17) is 5.11 Å². The molecule has 1 aliphatic heterocycles. The minimum Gasteiger partial charge on any atom is -0.481 e. The summed E-state index contributed by atoms with van der Waals surface area (Å²) in [6, 6.07) is 2.70. The minimum absolute atomic E-state index is 0.0902. The van der Waals surface area contributed by atoms with Crippen molar-refractivity contribution >= 4 is 11.9 Å². The SMILES string of the molecule is O=C(O)[C@@H]1CN(C(=O)c2ccnc(-n3cncn3)c2)C[C@H]1C(F)(F)F. The molecule has 1 amide bonds. The summed E-state index contributed by atoms with van der Waals surface area (Å²) in [5, 5.41) is 12.9. The van der Waals surface area contributed by atoms with Crippen LogP contribution >= 0.6 is 0 Å². The lowest BCUT2D eigenvalue weighted by Crippen LogP contribution is -2.34. The van der Waals surface area contributed by atoms with Gasteiger partial charge in [0.05, 0.1) is 11.8 Å². The van der Waals surface area contributed by atoms with E-state index in [1.165, 1.54) is 35.7 Å². The fourth-order valence-electron chi connectivity index (χ4n) is 2.74. The summed E-state index contributed by atoms with van der Waals surface area (Å²) < 4.78 is 40.4. The van der Waals surface area contributed by atoms with E-state index in [2.05, 4.69) is 15.1 Å². The lowest BCUT2D eigenvalue weighted by atomic mass is 9.96. The number of nitrogens with zero attached hydrogens (tertiary/aromatic N) is 5. The van der Waals surface area contributed by atoms with Crippen LogP contribution in [0.2, 0.25) is 0 Å². The number of hydrogen-bond donors (Lipinski definition) is 1. The topological polar surface area (TPSA) is 101 Å². The summed E-state index contributed by atoms with van der Waals surface area (Å²) in [4.78, 5) is 32.3. The number of carboxylic acid groups (broad SMARTS) is 1. The largest absolute Gasteiger partial charge is 0.481 e. The number of halogens is 3. The van der Waals surface area contributed by atoms with Gasteiger partial charge in [0, 0.05) is 24.8 Å². The number of aliphatic carboxylic acids is 1. The molecule has 2 atom stereocenters. The van der Waals surface area contributed by atoms with E-state index in [1.807, 2.05) is 0 Å². The van der Waals surface area contributed by atoms with E-state index in [0.717, 1.165) is 4.90 Å². The molecule has 0 spiro atoms. The van der Waals surface area contributed by atoms with Gasteiger partial charge in [-0.15, -0.1) is 0 Å². The van der Waals surface area contributed by atoms with Crippen molar-refractivity contribution in [2.75, 3.05) is 13.1 Å².